The van der Waals surface area contributed by atoms with Gasteiger partial charge in [0.05, 0.1) is 26.4 Å². The van der Waals surface area contributed by atoms with Gasteiger partial charge in [0.1, 0.15) is 23.2 Å². The molecule has 6 nitrogen and oxygen atoms in total. The van der Waals surface area contributed by atoms with Gasteiger partial charge < -0.3 is 23.7 Å². The average Bonchev–Trinajstić information content (AvgIpc) is 3.41. The summed E-state index contributed by atoms with van der Waals surface area (Å²) in [6, 6.07) is 3.63. The van der Waals surface area contributed by atoms with Gasteiger partial charge in [0.2, 0.25) is 0 Å². The van der Waals surface area contributed by atoms with E-state index in [4.69, 9.17) is 23.7 Å². The van der Waals surface area contributed by atoms with Gasteiger partial charge in [0, 0.05) is 24.5 Å². The molecule has 166 valence electrons. The average molecular weight is 419 g/mol. The van der Waals surface area contributed by atoms with E-state index in [0.29, 0.717) is 29.3 Å². The van der Waals surface area contributed by atoms with Crippen molar-refractivity contribution in [3.8, 4) is 11.5 Å². The lowest BCUT2D eigenvalue weighted by Crippen LogP contribution is -2.28. The molecule has 2 fully saturated rings. The second-order valence-corrected chi connectivity index (χ2v) is 8.84. The van der Waals surface area contributed by atoms with Gasteiger partial charge in [-0.25, -0.2) is 4.79 Å². The van der Waals surface area contributed by atoms with Gasteiger partial charge in [-0.15, -0.1) is 0 Å². The molecule has 4 rings (SSSR count). The summed E-state index contributed by atoms with van der Waals surface area (Å²) in [6.45, 7) is 2.14. The summed E-state index contributed by atoms with van der Waals surface area (Å²) in [5, 5.41) is 0. The van der Waals surface area contributed by atoms with Crippen LogP contribution in [0.3, 0.4) is 0 Å². The van der Waals surface area contributed by atoms with E-state index in [1.165, 1.54) is 12.8 Å². The summed E-state index contributed by atoms with van der Waals surface area (Å²) in [5.74, 6) is 0.632. The fourth-order valence-electron chi connectivity index (χ4n) is 5.07. The zero-order valence-corrected chi connectivity index (χ0v) is 18.4. The van der Waals surface area contributed by atoms with Crippen LogP contribution in [-0.2, 0) is 14.2 Å². The van der Waals surface area contributed by atoms with Gasteiger partial charge in [-0.05, 0) is 45.1 Å². The standard InChI is InChI=1S/C24H34O6/c1-16-10-12-24(29-16)13-11-17(30-24)8-6-4-5-7-9-20-19-14-18(26-2)15-21(27-3)22(19)23(25)28-20/h14-17,20H,4-13H2,1-3H3/t16?,17-,20?,24?/m0/s1. The number of hydrogen-bond donors (Lipinski definition) is 0. The highest BCUT2D eigenvalue weighted by Crippen LogP contribution is 2.43. The Morgan fingerprint density at radius 2 is 1.77 bits per heavy atom. The smallest absolute Gasteiger partial charge is 0.342 e. The lowest BCUT2D eigenvalue weighted by atomic mass is 9.98. The van der Waals surface area contributed by atoms with Crippen molar-refractivity contribution in [1.82, 2.24) is 0 Å². The molecule has 3 unspecified atom stereocenters. The summed E-state index contributed by atoms with van der Waals surface area (Å²) >= 11 is 0. The van der Waals surface area contributed by atoms with Crippen molar-refractivity contribution in [2.24, 2.45) is 0 Å². The topological polar surface area (TPSA) is 63.2 Å². The third-order valence-electron chi connectivity index (χ3n) is 6.68. The van der Waals surface area contributed by atoms with Crippen LogP contribution in [0.15, 0.2) is 12.1 Å². The van der Waals surface area contributed by atoms with E-state index in [-0.39, 0.29) is 17.9 Å². The quantitative estimate of drug-likeness (QED) is 0.399. The maximum atomic E-state index is 12.3. The third-order valence-corrected chi connectivity index (χ3v) is 6.68. The summed E-state index contributed by atoms with van der Waals surface area (Å²) < 4.78 is 28.6. The van der Waals surface area contributed by atoms with Gasteiger partial charge in [0.15, 0.2) is 5.79 Å². The largest absolute Gasteiger partial charge is 0.497 e. The number of rotatable bonds is 9. The number of carbonyl (C=O) groups excluding carboxylic acids is 1. The molecule has 3 aliphatic heterocycles. The van der Waals surface area contributed by atoms with Crippen LogP contribution in [0.2, 0.25) is 0 Å². The van der Waals surface area contributed by atoms with Crippen LogP contribution in [0.25, 0.3) is 0 Å². The van der Waals surface area contributed by atoms with Crippen LogP contribution in [0.4, 0.5) is 0 Å². The van der Waals surface area contributed by atoms with E-state index in [0.717, 1.165) is 56.9 Å². The van der Waals surface area contributed by atoms with Crippen molar-refractivity contribution < 1.29 is 28.5 Å². The first-order valence-corrected chi connectivity index (χ1v) is 11.4. The molecule has 0 aliphatic carbocycles. The minimum atomic E-state index is -0.301. The first-order chi connectivity index (χ1) is 14.5. The molecule has 6 heteroatoms. The molecule has 0 amide bonds. The van der Waals surface area contributed by atoms with Gasteiger partial charge in [-0.3, -0.25) is 0 Å². The number of hydrogen-bond acceptors (Lipinski definition) is 6. The van der Waals surface area contributed by atoms with E-state index < -0.39 is 0 Å². The molecule has 0 radical (unpaired) electrons. The van der Waals surface area contributed by atoms with Gasteiger partial charge in [0.25, 0.3) is 0 Å². The highest BCUT2D eigenvalue weighted by molar-refractivity contribution is 5.97. The molecule has 1 spiro atoms. The van der Waals surface area contributed by atoms with Gasteiger partial charge in [-0.2, -0.15) is 0 Å². The van der Waals surface area contributed by atoms with Crippen LogP contribution in [0.5, 0.6) is 11.5 Å². The fourth-order valence-corrected chi connectivity index (χ4v) is 5.07. The molecule has 0 N–H and O–H groups in total. The molecule has 3 heterocycles. The van der Waals surface area contributed by atoms with E-state index in [1.807, 2.05) is 6.07 Å². The number of unbranched alkanes of at least 4 members (excludes halogenated alkanes) is 3. The van der Waals surface area contributed by atoms with Crippen LogP contribution < -0.4 is 9.47 Å². The molecular formula is C24H34O6. The maximum Gasteiger partial charge on any atom is 0.342 e. The predicted molar refractivity (Wildman–Crippen MR) is 112 cm³/mol. The van der Waals surface area contributed by atoms with E-state index >= 15 is 0 Å². The van der Waals surface area contributed by atoms with Crippen molar-refractivity contribution in [1.29, 1.82) is 0 Å². The van der Waals surface area contributed by atoms with E-state index in [1.54, 1.807) is 20.3 Å². The second-order valence-electron chi connectivity index (χ2n) is 8.84. The predicted octanol–water partition coefficient (Wildman–Crippen LogP) is 5.33. The summed E-state index contributed by atoms with van der Waals surface area (Å²) in [4.78, 5) is 12.3. The van der Waals surface area contributed by atoms with Crippen molar-refractivity contribution in [3.05, 3.63) is 23.3 Å². The first-order valence-electron chi connectivity index (χ1n) is 11.4. The number of ether oxygens (including phenoxy) is 5. The highest BCUT2D eigenvalue weighted by atomic mass is 16.7. The molecule has 0 aromatic heterocycles. The normalized spacial score (nSPS) is 30.0. The number of benzene rings is 1. The second kappa shape index (κ2) is 9.15. The van der Waals surface area contributed by atoms with E-state index in [9.17, 15) is 4.79 Å². The Hall–Kier alpha value is -1.79. The van der Waals surface area contributed by atoms with E-state index in [2.05, 4.69) is 6.92 Å². The highest BCUT2D eigenvalue weighted by Gasteiger charge is 2.45. The number of fused-ring (bicyclic) bond motifs is 1. The number of carbonyl (C=O) groups is 1. The summed E-state index contributed by atoms with van der Waals surface area (Å²) in [6.07, 6.45) is 11.2. The van der Waals surface area contributed by atoms with Crippen LogP contribution in [-0.4, -0.2) is 38.2 Å². The third kappa shape index (κ3) is 4.45. The van der Waals surface area contributed by atoms with Crippen molar-refractivity contribution in [2.75, 3.05) is 14.2 Å². The number of methoxy groups -OCH3 is 2. The molecule has 30 heavy (non-hydrogen) atoms. The Morgan fingerprint density at radius 1 is 1.00 bits per heavy atom. The van der Waals surface area contributed by atoms with Crippen molar-refractivity contribution >= 4 is 5.97 Å². The molecule has 1 aromatic carbocycles. The molecule has 2 saturated heterocycles. The molecule has 0 bridgehead atoms. The van der Waals surface area contributed by atoms with Crippen LogP contribution in [0, 0.1) is 0 Å². The zero-order chi connectivity index (χ0) is 21.1. The lowest BCUT2D eigenvalue weighted by Gasteiger charge is -2.24. The minimum absolute atomic E-state index is 0.212. The summed E-state index contributed by atoms with van der Waals surface area (Å²) in [7, 11) is 3.17. The Balaban J connectivity index is 1.19. The number of cyclic esters (lactones) is 1. The molecular weight excluding hydrogens is 384 g/mol. The molecule has 4 atom stereocenters. The fraction of sp³-hybridized carbons (Fsp3) is 0.708. The molecule has 1 aromatic rings. The Morgan fingerprint density at radius 3 is 2.47 bits per heavy atom. The Bertz CT molecular complexity index is 762. The lowest BCUT2D eigenvalue weighted by molar-refractivity contribution is -0.214. The Kier molecular flexibility index (Phi) is 6.54. The van der Waals surface area contributed by atoms with Gasteiger partial charge >= 0.3 is 5.97 Å². The maximum absolute atomic E-state index is 12.3. The zero-order valence-electron chi connectivity index (χ0n) is 18.4. The SMILES string of the molecule is COc1cc(OC)c2c(c1)C(CCCCCC[C@H]1CCC3(CCC(C)O3)O1)OC2=O. The monoisotopic (exact) mass is 418 g/mol. The van der Waals surface area contributed by atoms with Crippen LogP contribution >= 0.6 is 0 Å². The van der Waals surface area contributed by atoms with Gasteiger partial charge in [-0.1, -0.05) is 19.3 Å². The Labute approximate surface area is 179 Å². The molecule has 0 saturated carbocycles. The number of esters is 1. The van der Waals surface area contributed by atoms with Crippen molar-refractivity contribution in [3.63, 3.8) is 0 Å². The first kappa shape index (κ1) is 21.4. The molecule has 3 aliphatic rings. The van der Waals surface area contributed by atoms with Crippen molar-refractivity contribution in [2.45, 2.75) is 95.2 Å². The summed E-state index contributed by atoms with van der Waals surface area (Å²) in [5.41, 5.74) is 1.42. The van der Waals surface area contributed by atoms with Crippen LogP contribution in [0.1, 0.15) is 93.2 Å². The minimum Gasteiger partial charge on any atom is -0.497 e.